The summed E-state index contributed by atoms with van der Waals surface area (Å²) in [5.41, 5.74) is 11.7. The number of carbonyl (C=O) groups is 4. The van der Waals surface area contributed by atoms with Crippen LogP contribution in [0.5, 0.6) is 0 Å². The molecule has 2 unspecified atom stereocenters. The van der Waals surface area contributed by atoms with Crippen LogP contribution in [-0.2, 0) is 19.2 Å². The largest absolute Gasteiger partial charge is 0.368 e. The quantitative estimate of drug-likeness (QED) is 0.102. The number of hydrogen-bond acceptors (Lipinski definition) is 6. The van der Waals surface area contributed by atoms with Crippen LogP contribution in [0.4, 0.5) is 0 Å². The van der Waals surface area contributed by atoms with Crippen LogP contribution in [0.2, 0.25) is 0 Å². The zero-order valence-corrected chi connectivity index (χ0v) is 18.7. The molecular formula is C21H38N6O4. The molecule has 0 aromatic heterocycles. The van der Waals surface area contributed by atoms with E-state index < -0.39 is 24.0 Å². The predicted octanol–water partition coefficient (Wildman–Crippen LogP) is -0.444. The second-order valence-corrected chi connectivity index (χ2v) is 7.53. The molecule has 0 aliphatic rings. The molecule has 31 heavy (non-hydrogen) atoms. The van der Waals surface area contributed by atoms with Crippen LogP contribution in [0.3, 0.4) is 0 Å². The van der Waals surface area contributed by atoms with Crippen molar-refractivity contribution in [1.82, 2.24) is 21.3 Å². The van der Waals surface area contributed by atoms with E-state index in [1.165, 1.54) is 0 Å². The molecule has 176 valence electrons. The van der Waals surface area contributed by atoms with Gasteiger partial charge in [0, 0.05) is 17.7 Å². The van der Waals surface area contributed by atoms with Gasteiger partial charge in [-0.1, -0.05) is 13.2 Å². The van der Waals surface area contributed by atoms with Crippen molar-refractivity contribution in [1.29, 1.82) is 0 Å². The maximum absolute atomic E-state index is 12.3. The minimum atomic E-state index is -0.813. The van der Waals surface area contributed by atoms with Gasteiger partial charge in [0.15, 0.2) is 0 Å². The maximum Gasteiger partial charge on any atom is 0.247 e. The zero-order chi connectivity index (χ0) is 23.8. The van der Waals surface area contributed by atoms with E-state index in [-0.39, 0.29) is 18.4 Å². The fraction of sp³-hybridized carbons (Fsp3) is 0.619. The topological polar surface area (TPSA) is 168 Å². The summed E-state index contributed by atoms with van der Waals surface area (Å²) >= 11 is 0. The van der Waals surface area contributed by atoms with Crippen molar-refractivity contribution in [3.8, 4) is 0 Å². The third-order valence-corrected chi connectivity index (χ3v) is 4.42. The summed E-state index contributed by atoms with van der Waals surface area (Å²) < 4.78 is 0. The minimum Gasteiger partial charge on any atom is -0.368 e. The highest BCUT2D eigenvalue weighted by atomic mass is 16.2. The van der Waals surface area contributed by atoms with Gasteiger partial charge in [0.1, 0.15) is 6.04 Å². The number of nitrogens with two attached hydrogens (primary N) is 2. The van der Waals surface area contributed by atoms with Gasteiger partial charge in [-0.2, -0.15) is 0 Å². The second-order valence-electron chi connectivity index (χ2n) is 7.53. The molecule has 0 radical (unpaired) electrons. The van der Waals surface area contributed by atoms with Gasteiger partial charge >= 0.3 is 0 Å². The van der Waals surface area contributed by atoms with Crippen molar-refractivity contribution in [2.24, 2.45) is 11.5 Å². The average molecular weight is 439 g/mol. The Morgan fingerprint density at radius 1 is 0.871 bits per heavy atom. The van der Waals surface area contributed by atoms with Gasteiger partial charge in [-0.3, -0.25) is 24.5 Å². The molecule has 10 heteroatoms. The van der Waals surface area contributed by atoms with Crippen LogP contribution in [0, 0.1) is 0 Å². The highest BCUT2D eigenvalue weighted by molar-refractivity contribution is 5.92. The molecule has 8 N–H and O–H groups in total. The number of unbranched alkanes of at least 4 members (excludes halogenated alkanes) is 2. The van der Waals surface area contributed by atoms with E-state index in [1.807, 2.05) is 0 Å². The molecule has 10 nitrogen and oxygen atoms in total. The van der Waals surface area contributed by atoms with Gasteiger partial charge in [-0.15, -0.1) is 0 Å². The van der Waals surface area contributed by atoms with E-state index >= 15 is 0 Å². The molecule has 2 atom stereocenters. The molecular weight excluding hydrogens is 400 g/mol. The Bertz CT molecular complexity index is 650. The predicted molar refractivity (Wildman–Crippen MR) is 120 cm³/mol. The van der Waals surface area contributed by atoms with Crippen molar-refractivity contribution in [3.05, 3.63) is 24.3 Å². The highest BCUT2D eigenvalue weighted by Gasteiger charge is 2.19. The Balaban J connectivity index is 4.49. The van der Waals surface area contributed by atoms with Crippen molar-refractivity contribution in [2.45, 2.75) is 64.6 Å². The molecule has 0 aromatic carbocycles. The maximum atomic E-state index is 12.3. The molecule has 0 saturated heterocycles. The Hall–Kier alpha value is -2.72. The molecule has 0 aliphatic heterocycles. The molecule has 0 heterocycles. The van der Waals surface area contributed by atoms with E-state index in [1.54, 1.807) is 13.8 Å². The van der Waals surface area contributed by atoms with Crippen LogP contribution in [-0.4, -0.2) is 55.5 Å². The number of rotatable bonds is 17. The smallest absolute Gasteiger partial charge is 0.247 e. The molecule has 0 saturated carbocycles. The SMILES string of the molecule is C=C(C)C(=O)NCCCCC(NC(=O)CNC(CCCCN)NC(=O)C(=C)C)C(N)=O. The first kappa shape index (κ1) is 28.3. The van der Waals surface area contributed by atoms with Gasteiger partial charge in [0.25, 0.3) is 0 Å². The Labute approximate surface area is 184 Å². The Kier molecular flexibility index (Phi) is 14.6. The summed E-state index contributed by atoms with van der Waals surface area (Å²) in [4.78, 5) is 47.2. The van der Waals surface area contributed by atoms with Crippen molar-refractivity contribution in [2.75, 3.05) is 19.6 Å². The van der Waals surface area contributed by atoms with Gasteiger partial charge in [-0.25, -0.2) is 0 Å². The van der Waals surface area contributed by atoms with Gasteiger partial charge in [0.05, 0.1) is 12.7 Å². The van der Waals surface area contributed by atoms with Crippen LogP contribution in [0.15, 0.2) is 24.3 Å². The zero-order valence-electron chi connectivity index (χ0n) is 18.7. The lowest BCUT2D eigenvalue weighted by Crippen LogP contribution is -2.52. The van der Waals surface area contributed by atoms with Gasteiger partial charge < -0.3 is 27.4 Å². The van der Waals surface area contributed by atoms with Crippen LogP contribution < -0.4 is 32.7 Å². The molecule has 0 fully saturated rings. The molecule has 0 bridgehead atoms. The summed E-state index contributed by atoms with van der Waals surface area (Å²) in [6.07, 6.45) is 3.32. The third-order valence-electron chi connectivity index (χ3n) is 4.42. The van der Waals surface area contributed by atoms with Crippen molar-refractivity contribution < 1.29 is 19.2 Å². The number of hydrogen-bond donors (Lipinski definition) is 6. The lowest BCUT2D eigenvalue weighted by molar-refractivity contribution is -0.127. The van der Waals surface area contributed by atoms with Crippen LogP contribution in [0.25, 0.3) is 0 Å². The molecule has 0 aliphatic carbocycles. The van der Waals surface area contributed by atoms with E-state index in [9.17, 15) is 19.2 Å². The fourth-order valence-electron chi connectivity index (χ4n) is 2.57. The second kappa shape index (κ2) is 16.0. The lowest BCUT2D eigenvalue weighted by atomic mass is 10.1. The van der Waals surface area contributed by atoms with Crippen LogP contribution >= 0.6 is 0 Å². The molecule has 0 spiro atoms. The fourth-order valence-corrected chi connectivity index (χ4v) is 2.57. The standard InChI is InChI=1S/C21H38N6O4/c1-14(2)20(30)24-12-8-6-9-16(19(23)29)26-18(28)13-25-17(10-5-7-11-22)27-21(31)15(3)4/h16-17,25H,1,3,5-13,22H2,2,4H3,(H2,23,29)(H,24,30)(H,26,28)(H,27,31). The molecule has 0 aromatic rings. The monoisotopic (exact) mass is 438 g/mol. The summed E-state index contributed by atoms with van der Waals surface area (Å²) in [5, 5.41) is 11.1. The minimum absolute atomic E-state index is 0.0950. The molecule has 0 rings (SSSR count). The number of nitrogens with one attached hydrogen (secondary N) is 4. The first-order valence-electron chi connectivity index (χ1n) is 10.5. The van der Waals surface area contributed by atoms with E-state index in [0.717, 1.165) is 12.8 Å². The number of amides is 4. The third kappa shape index (κ3) is 14.0. The van der Waals surface area contributed by atoms with Gasteiger partial charge in [0.2, 0.25) is 23.6 Å². The van der Waals surface area contributed by atoms with E-state index in [0.29, 0.717) is 49.9 Å². The Morgan fingerprint density at radius 2 is 1.48 bits per heavy atom. The Morgan fingerprint density at radius 3 is 2.03 bits per heavy atom. The summed E-state index contributed by atoms with van der Waals surface area (Å²) in [6, 6.07) is -0.813. The van der Waals surface area contributed by atoms with Crippen molar-refractivity contribution in [3.63, 3.8) is 0 Å². The number of primary amides is 1. The summed E-state index contributed by atoms with van der Waals surface area (Å²) in [5.74, 6) is -1.56. The number of carbonyl (C=O) groups excluding carboxylic acids is 4. The first-order chi connectivity index (χ1) is 14.6. The molecule has 4 amide bonds. The summed E-state index contributed by atoms with van der Waals surface area (Å²) in [6.45, 7) is 11.3. The van der Waals surface area contributed by atoms with Crippen molar-refractivity contribution >= 4 is 23.6 Å². The van der Waals surface area contributed by atoms with Gasteiger partial charge in [-0.05, 0) is 58.9 Å². The van der Waals surface area contributed by atoms with E-state index in [4.69, 9.17) is 11.5 Å². The first-order valence-corrected chi connectivity index (χ1v) is 10.5. The summed E-state index contributed by atoms with van der Waals surface area (Å²) in [7, 11) is 0. The van der Waals surface area contributed by atoms with E-state index in [2.05, 4.69) is 34.4 Å². The normalized spacial score (nSPS) is 12.4. The lowest BCUT2D eigenvalue weighted by Gasteiger charge is -2.21. The average Bonchev–Trinajstić information content (AvgIpc) is 2.70. The highest BCUT2D eigenvalue weighted by Crippen LogP contribution is 2.02. The van der Waals surface area contributed by atoms with Crippen LogP contribution in [0.1, 0.15) is 52.4 Å².